The summed E-state index contributed by atoms with van der Waals surface area (Å²) < 4.78 is 0.774. The molecule has 0 N–H and O–H groups in total. The van der Waals surface area contributed by atoms with Crippen LogP contribution in [0.1, 0.15) is 12.8 Å². The minimum atomic E-state index is -0.288. The molecule has 4 nitrogen and oxygen atoms in total. The third kappa shape index (κ3) is 2.15. The molecule has 1 unspecified atom stereocenters. The average Bonchev–Trinajstić information content (AvgIpc) is 2.87. The number of nitrogens with zero attached hydrogens (tertiary/aromatic N) is 2. The smallest absolute Gasteiger partial charge is 0.250 e. The molecule has 0 aliphatic carbocycles. The Bertz CT molecular complexity index is 564. The van der Waals surface area contributed by atoms with E-state index < -0.39 is 0 Å². The molecule has 2 saturated heterocycles. The second kappa shape index (κ2) is 4.80. The number of carbonyl (C=O) groups excluding carboxylic acids is 2. The van der Waals surface area contributed by atoms with Crippen LogP contribution >= 0.6 is 27.5 Å². The molecule has 19 heavy (non-hydrogen) atoms. The second-order valence-corrected chi connectivity index (χ2v) is 6.03. The maximum absolute atomic E-state index is 12.4. The average molecular weight is 344 g/mol. The Morgan fingerprint density at radius 1 is 1.32 bits per heavy atom. The Balaban J connectivity index is 1.94. The number of piperazine rings is 1. The molecule has 3 rings (SSSR count). The van der Waals surface area contributed by atoms with Crippen molar-refractivity contribution in [2.45, 2.75) is 18.9 Å². The molecule has 2 aliphatic rings. The number of halogens is 2. The summed E-state index contributed by atoms with van der Waals surface area (Å²) in [4.78, 5) is 27.7. The van der Waals surface area contributed by atoms with Crippen molar-refractivity contribution in [1.29, 1.82) is 0 Å². The number of rotatable bonds is 1. The van der Waals surface area contributed by atoms with Crippen molar-refractivity contribution in [3.05, 3.63) is 27.7 Å². The van der Waals surface area contributed by atoms with Gasteiger partial charge in [0.1, 0.15) is 12.6 Å². The zero-order valence-corrected chi connectivity index (χ0v) is 12.4. The first-order valence-electron chi connectivity index (χ1n) is 6.14. The van der Waals surface area contributed by atoms with E-state index in [9.17, 15) is 9.59 Å². The minimum Gasteiger partial charge on any atom is -0.329 e. The fourth-order valence-electron chi connectivity index (χ4n) is 2.68. The van der Waals surface area contributed by atoms with Crippen molar-refractivity contribution in [1.82, 2.24) is 4.90 Å². The first-order chi connectivity index (χ1) is 9.08. The topological polar surface area (TPSA) is 40.6 Å². The Hall–Kier alpha value is -1.07. The van der Waals surface area contributed by atoms with Gasteiger partial charge >= 0.3 is 0 Å². The summed E-state index contributed by atoms with van der Waals surface area (Å²) in [6, 6.07) is 5.01. The standard InChI is InChI=1S/C13H12BrClN2O2/c14-9-4-3-8(6-10(9)15)17-7-12(18)16-5-1-2-11(16)13(17)19/h3-4,6,11H,1-2,5,7H2. The van der Waals surface area contributed by atoms with E-state index in [0.717, 1.165) is 17.3 Å². The van der Waals surface area contributed by atoms with E-state index in [4.69, 9.17) is 11.6 Å². The molecule has 0 spiro atoms. The van der Waals surface area contributed by atoms with Crippen LogP contribution in [-0.2, 0) is 9.59 Å². The van der Waals surface area contributed by atoms with E-state index in [1.54, 1.807) is 23.1 Å². The monoisotopic (exact) mass is 342 g/mol. The maximum atomic E-state index is 12.4. The maximum Gasteiger partial charge on any atom is 0.250 e. The lowest BCUT2D eigenvalue weighted by molar-refractivity contribution is -0.140. The van der Waals surface area contributed by atoms with E-state index in [0.29, 0.717) is 17.3 Å². The van der Waals surface area contributed by atoms with Crippen LogP contribution in [0.15, 0.2) is 22.7 Å². The largest absolute Gasteiger partial charge is 0.329 e. The van der Waals surface area contributed by atoms with Gasteiger partial charge in [-0.3, -0.25) is 9.59 Å². The summed E-state index contributed by atoms with van der Waals surface area (Å²) in [5.74, 6) is 0.0108. The molecule has 0 saturated carbocycles. The Morgan fingerprint density at radius 3 is 2.84 bits per heavy atom. The molecule has 1 aromatic carbocycles. The third-order valence-electron chi connectivity index (χ3n) is 3.63. The van der Waals surface area contributed by atoms with Crippen LogP contribution in [0, 0.1) is 0 Å². The van der Waals surface area contributed by atoms with Crippen molar-refractivity contribution >= 4 is 45.0 Å². The summed E-state index contributed by atoms with van der Waals surface area (Å²) in [5, 5.41) is 0.534. The van der Waals surface area contributed by atoms with Crippen LogP contribution in [0.3, 0.4) is 0 Å². The highest BCUT2D eigenvalue weighted by molar-refractivity contribution is 9.10. The highest BCUT2D eigenvalue weighted by Gasteiger charge is 2.42. The van der Waals surface area contributed by atoms with Gasteiger partial charge in [-0.2, -0.15) is 0 Å². The summed E-state index contributed by atoms with van der Waals surface area (Å²) >= 11 is 9.36. The first-order valence-corrected chi connectivity index (χ1v) is 7.31. The van der Waals surface area contributed by atoms with Gasteiger partial charge in [-0.25, -0.2) is 0 Å². The van der Waals surface area contributed by atoms with Crippen molar-refractivity contribution in [3.63, 3.8) is 0 Å². The SMILES string of the molecule is O=C1C2CCCN2C(=O)CN1c1ccc(Br)c(Cl)c1. The van der Waals surface area contributed by atoms with Crippen molar-refractivity contribution in [3.8, 4) is 0 Å². The van der Waals surface area contributed by atoms with E-state index in [1.807, 2.05) is 0 Å². The van der Waals surface area contributed by atoms with E-state index in [1.165, 1.54) is 4.90 Å². The van der Waals surface area contributed by atoms with Gasteiger partial charge in [0.15, 0.2) is 0 Å². The van der Waals surface area contributed by atoms with Gasteiger partial charge < -0.3 is 9.80 Å². The Labute approximate surface area is 124 Å². The lowest BCUT2D eigenvalue weighted by Gasteiger charge is -2.36. The number of benzene rings is 1. The lowest BCUT2D eigenvalue weighted by Crippen LogP contribution is -2.57. The zero-order chi connectivity index (χ0) is 13.6. The first kappa shape index (κ1) is 12.9. The predicted molar refractivity (Wildman–Crippen MR) is 76.2 cm³/mol. The molecule has 2 heterocycles. The van der Waals surface area contributed by atoms with Crippen LogP contribution in [0.2, 0.25) is 5.02 Å². The second-order valence-electron chi connectivity index (χ2n) is 4.77. The Morgan fingerprint density at radius 2 is 2.11 bits per heavy atom. The van der Waals surface area contributed by atoms with Crippen LogP contribution < -0.4 is 4.90 Å². The molecular formula is C13H12BrClN2O2. The number of hydrogen-bond donors (Lipinski definition) is 0. The molecule has 0 bridgehead atoms. The summed E-state index contributed by atoms with van der Waals surface area (Å²) in [6.45, 7) is 0.803. The number of fused-ring (bicyclic) bond motifs is 1. The molecule has 2 amide bonds. The third-order valence-corrected chi connectivity index (χ3v) is 4.86. The number of anilines is 1. The molecular weight excluding hydrogens is 332 g/mol. The van der Waals surface area contributed by atoms with Crippen LogP contribution in [0.5, 0.6) is 0 Å². The summed E-state index contributed by atoms with van der Waals surface area (Å²) in [7, 11) is 0. The van der Waals surface area contributed by atoms with Gasteiger partial charge in [-0.15, -0.1) is 0 Å². The normalized spacial score (nSPS) is 22.9. The summed E-state index contributed by atoms with van der Waals surface area (Å²) in [6.07, 6.45) is 1.66. The summed E-state index contributed by atoms with van der Waals surface area (Å²) in [5.41, 5.74) is 0.679. The molecule has 1 aromatic rings. The number of amides is 2. The minimum absolute atomic E-state index is 0.00418. The van der Waals surface area contributed by atoms with Crippen LogP contribution in [-0.4, -0.2) is 35.8 Å². The van der Waals surface area contributed by atoms with E-state index >= 15 is 0 Å². The predicted octanol–water partition coefficient (Wildman–Crippen LogP) is 2.44. The fraction of sp³-hybridized carbons (Fsp3) is 0.385. The van der Waals surface area contributed by atoms with Gasteiger partial charge in [0.25, 0.3) is 0 Å². The quantitative estimate of drug-likeness (QED) is 0.786. The Kier molecular flexibility index (Phi) is 3.27. The highest BCUT2D eigenvalue weighted by Crippen LogP contribution is 2.31. The van der Waals surface area contributed by atoms with Crippen molar-refractivity contribution in [2.24, 2.45) is 0 Å². The molecule has 0 aromatic heterocycles. The van der Waals surface area contributed by atoms with Crippen LogP contribution in [0.4, 0.5) is 5.69 Å². The zero-order valence-electron chi connectivity index (χ0n) is 10.1. The fourth-order valence-corrected chi connectivity index (χ4v) is 3.10. The molecule has 2 fully saturated rings. The molecule has 100 valence electrons. The molecule has 2 aliphatic heterocycles. The van der Waals surface area contributed by atoms with E-state index in [-0.39, 0.29) is 24.4 Å². The molecule has 6 heteroatoms. The molecule has 0 radical (unpaired) electrons. The number of carbonyl (C=O) groups is 2. The lowest BCUT2D eigenvalue weighted by atomic mass is 10.1. The van der Waals surface area contributed by atoms with Gasteiger partial charge in [0.2, 0.25) is 11.8 Å². The molecule has 1 atom stereocenters. The van der Waals surface area contributed by atoms with Crippen LogP contribution in [0.25, 0.3) is 0 Å². The van der Waals surface area contributed by atoms with Gasteiger partial charge in [0.05, 0.1) is 5.02 Å². The van der Waals surface area contributed by atoms with E-state index in [2.05, 4.69) is 15.9 Å². The highest BCUT2D eigenvalue weighted by atomic mass is 79.9. The van der Waals surface area contributed by atoms with Gasteiger partial charge in [0, 0.05) is 16.7 Å². The number of hydrogen-bond acceptors (Lipinski definition) is 2. The van der Waals surface area contributed by atoms with Crippen molar-refractivity contribution < 1.29 is 9.59 Å². The van der Waals surface area contributed by atoms with Crippen molar-refractivity contribution in [2.75, 3.05) is 18.0 Å². The van der Waals surface area contributed by atoms with Gasteiger partial charge in [-0.1, -0.05) is 11.6 Å². The van der Waals surface area contributed by atoms with Gasteiger partial charge in [-0.05, 0) is 47.0 Å².